The second-order valence-electron chi connectivity index (χ2n) is 8.12. The number of carbonyl (C=O) groups excluding carboxylic acids is 2. The van der Waals surface area contributed by atoms with Crippen molar-refractivity contribution in [2.24, 2.45) is 5.92 Å². The van der Waals surface area contributed by atoms with Gasteiger partial charge in [0.25, 0.3) is 0 Å². The molecule has 3 rings (SSSR count). The van der Waals surface area contributed by atoms with Crippen molar-refractivity contribution in [3.63, 3.8) is 0 Å². The Morgan fingerprint density at radius 3 is 2.74 bits per heavy atom. The average molecular weight is 470 g/mol. The maximum absolute atomic E-state index is 13.0. The van der Waals surface area contributed by atoms with E-state index < -0.39 is 0 Å². The van der Waals surface area contributed by atoms with Crippen molar-refractivity contribution in [3.8, 4) is 0 Å². The summed E-state index contributed by atoms with van der Waals surface area (Å²) in [6, 6.07) is 1.86. The molecule has 2 amide bonds. The predicted octanol–water partition coefficient (Wildman–Crippen LogP) is 2.60. The highest BCUT2D eigenvalue weighted by Gasteiger charge is 2.33. The van der Waals surface area contributed by atoms with Crippen LogP contribution in [0.5, 0.6) is 0 Å². The van der Waals surface area contributed by atoms with Gasteiger partial charge in [-0.05, 0) is 19.8 Å². The second kappa shape index (κ2) is 11.9. The maximum Gasteiger partial charge on any atom is 0.230 e. The Labute approximate surface area is 193 Å². The molecule has 172 valence electrons. The summed E-state index contributed by atoms with van der Waals surface area (Å²) in [5.74, 6) is 1.34. The topological polar surface area (TPSA) is 87.7 Å². The number of carbonyl (C=O) groups is 2. The van der Waals surface area contributed by atoms with Gasteiger partial charge in [0.05, 0.1) is 12.4 Å². The smallest absolute Gasteiger partial charge is 0.230 e. The molecular formula is C21H32ClN5O3S. The molecule has 1 atom stereocenters. The number of thioether (sulfide) groups is 1. The van der Waals surface area contributed by atoms with Crippen LogP contribution in [-0.4, -0.2) is 78.4 Å². The molecule has 0 radical (unpaired) electrons. The van der Waals surface area contributed by atoms with E-state index in [4.69, 9.17) is 16.3 Å². The molecule has 1 unspecified atom stereocenters. The first kappa shape index (κ1) is 24.1. The van der Waals surface area contributed by atoms with Crippen LogP contribution < -0.4 is 10.2 Å². The summed E-state index contributed by atoms with van der Waals surface area (Å²) < 4.78 is 4.93. The standard InChI is InChI=1S/C21H32ClN5O3S/c1-15-13-26(9-10-27(15)20(29)16-6-4-3-5-7-16)18-12-17(22)24-21(25-18)31-14-19(28)23-8-11-30-2/h12,15-16H,3-11,13-14H2,1-2H3,(H,23,28). The molecule has 1 N–H and O–H groups in total. The van der Waals surface area contributed by atoms with Crippen molar-refractivity contribution in [1.82, 2.24) is 20.2 Å². The van der Waals surface area contributed by atoms with Gasteiger partial charge in [0.15, 0.2) is 5.16 Å². The molecule has 1 aromatic heterocycles. The Morgan fingerprint density at radius 1 is 1.26 bits per heavy atom. The normalized spacial score (nSPS) is 20.0. The summed E-state index contributed by atoms with van der Waals surface area (Å²) in [5, 5.41) is 3.59. The number of anilines is 1. The van der Waals surface area contributed by atoms with Crippen molar-refractivity contribution < 1.29 is 14.3 Å². The van der Waals surface area contributed by atoms with Crippen molar-refractivity contribution >= 4 is 41.0 Å². The quantitative estimate of drug-likeness (QED) is 0.271. The molecule has 31 heavy (non-hydrogen) atoms. The highest BCUT2D eigenvalue weighted by atomic mass is 35.5. The van der Waals surface area contributed by atoms with Crippen LogP contribution in [0.3, 0.4) is 0 Å². The van der Waals surface area contributed by atoms with Crippen LogP contribution in [0.1, 0.15) is 39.0 Å². The minimum atomic E-state index is -0.101. The zero-order chi connectivity index (χ0) is 22.2. The number of nitrogens with one attached hydrogen (secondary N) is 1. The molecule has 2 heterocycles. The van der Waals surface area contributed by atoms with Gasteiger partial charge in [0, 0.05) is 51.3 Å². The lowest BCUT2D eigenvalue weighted by atomic mass is 9.88. The largest absolute Gasteiger partial charge is 0.383 e. The van der Waals surface area contributed by atoms with E-state index in [9.17, 15) is 9.59 Å². The van der Waals surface area contributed by atoms with Gasteiger partial charge >= 0.3 is 0 Å². The molecule has 8 nitrogen and oxygen atoms in total. The van der Waals surface area contributed by atoms with E-state index in [1.807, 2.05) is 4.90 Å². The first-order chi connectivity index (χ1) is 15.0. The first-order valence-electron chi connectivity index (χ1n) is 11.0. The number of piperazine rings is 1. The fourth-order valence-electron chi connectivity index (χ4n) is 4.16. The number of amides is 2. The molecule has 0 bridgehead atoms. The van der Waals surface area contributed by atoms with Gasteiger partial charge in [0.1, 0.15) is 11.0 Å². The second-order valence-corrected chi connectivity index (χ2v) is 9.45. The average Bonchev–Trinajstić information content (AvgIpc) is 2.77. The van der Waals surface area contributed by atoms with Crippen LogP contribution in [0.2, 0.25) is 5.15 Å². The fraction of sp³-hybridized carbons (Fsp3) is 0.714. The van der Waals surface area contributed by atoms with Gasteiger partial charge < -0.3 is 19.9 Å². The minimum Gasteiger partial charge on any atom is -0.383 e. The minimum absolute atomic E-state index is 0.101. The Hall–Kier alpha value is -1.58. The van der Waals surface area contributed by atoms with E-state index in [0.717, 1.165) is 31.5 Å². The Kier molecular flexibility index (Phi) is 9.22. The lowest BCUT2D eigenvalue weighted by molar-refractivity contribution is -0.139. The zero-order valence-corrected chi connectivity index (χ0v) is 19.9. The molecule has 0 spiro atoms. The third-order valence-electron chi connectivity index (χ3n) is 5.81. The van der Waals surface area contributed by atoms with Crippen LogP contribution in [0.15, 0.2) is 11.2 Å². The van der Waals surface area contributed by atoms with Crippen molar-refractivity contribution in [3.05, 3.63) is 11.2 Å². The highest BCUT2D eigenvalue weighted by molar-refractivity contribution is 7.99. The van der Waals surface area contributed by atoms with Gasteiger partial charge in [-0.2, -0.15) is 0 Å². The van der Waals surface area contributed by atoms with Gasteiger partial charge in [-0.3, -0.25) is 9.59 Å². The zero-order valence-electron chi connectivity index (χ0n) is 18.3. The third-order valence-corrected chi connectivity index (χ3v) is 6.85. The van der Waals surface area contributed by atoms with Crippen LogP contribution in [-0.2, 0) is 14.3 Å². The van der Waals surface area contributed by atoms with E-state index in [2.05, 4.69) is 27.1 Å². The molecule has 1 aromatic rings. The van der Waals surface area contributed by atoms with Gasteiger partial charge in [-0.25, -0.2) is 9.97 Å². The summed E-state index contributed by atoms with van der Waals surface area (Å²) in [6.07, 6.45) is 5.61. The third kappa shape index (κ3) is 6.95. The summed E-state index contributed by atoms with van der Waals surface area (Å²) in [7, 11) is 1.59. The Balaban J connectivity index is 1.56. The number of rotatable bonds is 8. The Bertz CT molecular complexity index is 763. The number of methoxy groups -OCH3 is 1. The molecule has 1 saturated heterocycles. The molecule has 1 saturated carbocycles. The molecule has 2 aliphatic rings. The van der Waals surface area contributed by atoms with E-state index in [-0.39, 0.29) is 23.6 Å². The molecule has 10 heteroatoms. The molecule has 1 aliphatic heterocycles. The molecular weight excluding hydrogens is 438 g/mol. The number of aromatic nitrogens is 2. The number of halogens is 1. The SMILES string of the molecule is COCCNC(=O)CSc1nc(Cl)cc(N2CCN(C(=O)C3CCCCC3)C(C)C2)n1. The van der Waals surface area contributed by atoms with E-state index in [0.29, 0.717) is 49.0 Å². The lowest BCUT2D eigenvalue weighted by Gasteiger charge is -2.42. The number of nitrogens with zero attached hydrogens (tertiary/aromatic N) is 4. The monoisotopic (exact) mass is 469 g/mol. The van der Waals surface area contributed by atoms with Crippen LogP contribution in [0.4, 0.5) is 5.82 Å². The predicted molar refractivity (Wildman–Crippen MR) is 123 cm³/mol. The summed E-state index contributed by atoms with van der Waals surface area (Å²) in [4.78, 5) is 37.9. The summed E-state index contributed by atoms with van der Waals surface area (Å²) in [6.45, 7) is 5.13. The maximum atomic E-state index is 13.0. The summed E-state index contributed by atoms with van der Waals surface area (Å²) in [5.41, 5.74) is 0. The Morgan fingerprint density at radius 2 is 2.03 bits per heavy atom. The van der Waals surface area contributed by atoms with Crippen LogP contribution >= 0.6 is 23.4 Å². The van der Waals surface area contributed by atoms with Gasteiger partial charge in [-0.15, -0.1) is 0 Å². The van der Waals surface area contributed by atoms with Crippen molar-refractivity contribution in [1.29, 1.82) is 0 Å². The molecule has 2 fully saturated rings. The number of hydrogen-bond acceptors (Lipinski definition) is 7. The first-order valence-corrected chi connectivity index (χ1v) is 12.3. The highest BCUT2D eigenvalue weighted by Crippen LogP contribution is 2.28. The number of hydrogen-bond donors (Lipinski definition) is 1. The fourth-order valence-corrected chi connectivity index (χ4v) is 5.07. The molecule has 1 aliphatic carbocycles. The lowest BCUT2D eigenvalue weighted by Crippen LogP contribution is -2.55. The molecule has 0 aromatic carbocycles. The summed E-state index contributed by atoms with van der Waals surface area (Å²) >= 11 is 7.48. The van der Waals surface area contributed by atoms with E-state index >= 15 is 0 Å². The van der Waals surface area contributed by atoms with E-state index in [1.165, 1.54) is 18.2 Å². The van der Waals surface area contributed by atoms with Crippen molar-refractivity contribution in [2.45, 2.75) is 50.2 Å². The van der Waals surface area contributed by atoms with Gasteiger partial charge in [0.2, 0.25) is 11.8 Å². The van der Waals surface area contributed by atoms with E-state index in [1.54, 1.807) is 13.2 Å². The van der Waals surface area contributed by atoms with Crippen molar-refractivity contribution in [2.75, 3.05) is 50.5 Å². The van der Waals surface area contributed by atoms with Gasteiger partial charge in [-0.1, -0.05) is 42.6 Å². The van der Waals surface area contributed by atoms with Crippen LogP contribution in [0, 0.1) is 5.92 Å². The van der Waals surface area contributed by atoms with Crippen LogP contribution in [0.25, 0.3) is 0 Å². The number of ether oxygens (including phenoxy) is 1.